The van der Waals surface area contributed by atoms with Gasteiger partial charge in [-0.1, -0.05) is 15.9 Å². The molecule has 0 aliphatic carbocycles. The SMILES string of the molecule is COC(=O)[C@@H](CCCCNC(=O)CBr)NC(C)=O. The molecule has 0 fully saturated rings. The summed E-state index contributed by atoms with van der Waals surface area (Å²) in [6.07, 6.45) is 1.95. The summed E-state index contributed by atoms with van der Waals surface area (Å²) in [5.41, 5.74) is 0. The number of rotatable bonds is 8. The number of amides is 2. The van der Waals surface area contributed by atoms with Crippen molar-refractivity contribution >= 4 is 33.7 Å². The second-order valence-electron chi connectivity index (χ2n) is 3.76. The van der Waals surface area contributed by atoms with Crippen molar-refractivity contribution < 1.29 is 19.1 Å². The van der Waals surface area contributed by atoms with Crippen molar-refractivity contribution in [1.29, 1.82) is 0 Å². The highest BCUT2D eigenvalue weighted by atomic mass is 79.9. The number of hydrogen-bond donors (Lipinski definition) is 2. The van der Waals surface area contributed by atoms with Gasteiger partial charge in [0.2, 0.25) is 11.8 Å². The van der Waals surface area contributed by atoms with E-state index in [-0.39, 0.29) is 17.1 Å². The summed E-state index contributed by atoms with van der Waals surface area (Å²) in [5.74, 6) is -0.783. The standard InChI is InChI=1S/C11H19BrN2O4/c1-8(15)14-9(11(17)18-2)5-3-4-6-13-10(16)7-12/h9H,3-7H2,1-2H3,(H,13,16)(H,14,15)/t9-/m1/s1. The van der Waals surface area contributed by atoms with E-state index in [1.165, 1.54) is 14.0 Å². The third-order valence-electron chi connectivity index (χ3n) is 2.23. The molecule has 0 saturated carbocycles. The molecule has 0 aliphatic rings. The molecule has 2 amide bonds. The van der Waals surface area contributed by atoms with Gasteiger partial charge in [0.1, 0.15) is 6.04 Å². The fourth-order valence-electron chi connectivity index (χ4n) is 1.39. The number of unbranched alkanes of at least 4 members (excludes halogenated alkanes) is 1. The molecular formula is C11H19BrN2O4. The predicted octanol–water partition coefficient (Wildman–Crippen LogP) is 0.345. The highest BCUT2D eigenvalue weighted by molar-refractivity contribution is 9.09. The molecule has 0 radical (unpaired) electrons. The van der Waals surface area contributed by atoms with Crippen LogP contribution in [0.1, 0.15) is 26.2 Å². The lowest BCUT2D eigenvalue weighted by atomic mass is 10.1. The Hall–Kier alpha value is -1.11. The first-order valence-corrected chi connectivity index (χ1v) is 6.81. The van der Waals surface area contributed by atoms with Crippen molar-refractivity contribution in [3.05, 3.63) is 0 Å². The van der Waals surface area contributed by atoms with E-state index in [0.717, 1.165) is 6.42 Å². The first kappa shape index (κ1) is 16.9. The molecule has 0 saturated heterocycles. The van der Waals surface area contributed by atoms with Gasteiger partial charge < -0.3 is 15.4 Å². The Morgan fingerprint density at radius 3 is 2.44 bits per heavy atom. The largest absolute Gasteiger partial charge is 0.467 e. The monoisotopic (exact) mass is 322 g/mol. The molecule has 6 nitrogen and oxygen atoms in total. The van der Waals surface area contributed by atoms with Crippen molar-refractivity contribution in [2.75, 3.05) is 19.0 Å². The summed E-state index contributed by atoms with van der Waals surface area (Å²) in [5, 5.41) is 5.52. The number of halogens is 1. The number of carbonyl (C=O) groups excluding carboxylic acids is 3. The number of methoxy groups -OCH3 is 1. The number of alkyl halides is 1. The molecule has 0 aromatic rings. The summed E-state index contributed by atoms with van der Waals surface area (Å²) >= 11 is 3.04. The Balaban J connectivity index is 3.86. The van der Waals surface area contributed by atoms with E-state index in [2.05, 4.69) is 31.3 Å². The number of esters is 1. The maximum Gasteiger partial charge on any atom is 0.328 e. The minimum absolute atomic E-state index is 0.0682. The second kappa shape index (κ2) is 9.87. The van der Waals surface area contributed by atoms with Gasteiger partial charge >= 0.3 is 5.97 Å². The maximum atomic E-state index is 11.4. The lowest BCUT2D eigenvalue weighted by molar-refractivity contribution is -0.145. The molecule has 2 N–H and O–H groups in total. The van der Waals surface area contributed by atoms with E-state index in [9.17, 15) is 14.4 Å². The van der Waals surface area contributed by atoms with Gasteiger partial charge in [0.25, 0.3) is 0 Å². The van der Waals surface area contributed by atoms with Crippen molar-refractivity contribution in [1.82, 2.24) is 10.6 Å². The molecule has 0 unspecified atom stereocenters. The van der Waals surface area contributed by atoms with E-state index >= 15 is 0 Å². The number of hydrogen-bond acceptors (Lipinski definition) is 4. The van der Waals surface area contributed by atoms with E-state index in [0.29, 0.717) is 19.4 Å². The summed E-state index contributed by atoms with van der Waals surface area (Å²) in [7, 11) is 1.29. The minimum Gasteiger partial charge on any atom is -0.467 e. The fraction of sp³-hybridized carbons (Fsp3) is 0.727. The van der Waals surface area contributed by atoms with Crippen LogP contribution in [0.4, 0.5) is 0 Å². The number of nitrogens with one attached hydrogen (secondary N) is 2. The zero-order chi connectivity index (χ0) is 14.0. The Morgan fingerprint density at radius 2 is 1.94 bits per heavy atom. The van der Waals surface area contributed by atoms with Gasteiger partial charge in [0.15, 0.2) is 0 Å². The maximum absolute atomic E-state index is 11.4. The Morgan fingerprint density at radius 1 is 1.28 bits per heavy atom. The van der Waals surface area contributed by atoms with Crippen LogP contribution in [-0.4, -0.2) is 42.8 Å². The molecule has 0 aliphatic heterocycles. The van der Waals surface area contributed by atoms with Crippen molar-refractivity contribution in [2.45, 2.75) is 32.2 Å². The first-order valence-electron chi connectivity index (χ1n) is 5.68. The van der Waals surface area contributed by atoms with Crippen molar-refractivity contribution in [2.24, 2.45) is 0 Å². The Labute approximate surface area is 115 Å². The van der Waals surface area contributed by atoms with Gasteiger partial charge in [0, 0.05) is 13.5 Å². The molecule has 0 rings (SSSR count). The van der Waals surface area contributed by atoms with E-state index < -0.39 is 12.0 Å². The van der Waals surface area contributed by atoms with Gasteiger partial charge in [-0.3, -0.25) is 9.59 Å². The first-order chi connectivity index (χ1) is 8.51. The average molecular weight is 323 g/mol. The summed E-state index contributed by atoms with van der Waals surface area (Å²) in [4.78, 5) is 33.2. The van der Waals surface area contributed by atoms with Gasteiger partial charge in [-0.15, -0.1) is 0 Å². The molecule has 0 aromatic heterocycles. The minimum atomic E-state index is -0.612. The van der Waals surface area contributed by atoms with Crippen LogP contribution >= 0.6 is 15.9 Å². The molecule has 104 valence electrons. The molecule has 1 atom stereocenters. The summed E-state index contributed by atoms with van der Waals surface area (Å²) in [6, 6.07) is -0.612. The van der Waals surface area contributed by atoms with Crippen LogP contribution in [-0.2, 0) is 19.1 Å². The smallest absolute Gasteiger partial charge is 0.328 e. The molecule has 0 bridgehead atoms. The van der Waals surface area contributed by atoms with Crippen LogP contribution in [0.5, 0.6) is 0 Å². The number of carbonyl (C=O) groups is 3. The topological polar surface area (TPSA) is 84.5 Å². The van der Waals surface area contributed by atoms with Crippen LogP contribution < -0.4 is 10.6 Å². The normalized spacial score (nSPS) is 11.5. The summed E-state index contributed by atoms with van der Waals surface area (Å²) < 4.78 is 4.60. The van der Waals surface area contributed by atoms with Crippen LogP contribution in [0.3, 0.4) is 0 Å². The van der Waals surface area contributed by atoms with E-state index in [1.807, 2.05) is 0 Å². The molecule has 7 heteroatoms. The lowest BCUT2D eigenvalue weighted by Crippen LogP contribution is -2.40. The van der Waals surface area contributed by atoms with Gasteiger partial charge in [0.05, 0.1) is 12.4 Å². The van der Waals surface area contributed by atoms with Crippen LogP contribution in [0.25, 0.3) is 0 Å². The predicted molar refractivity (Wildman–Crippen MR) is 70.3 cm³/mol. The molecule has 0 heterocycles. The van der Waals surface area contributed by atoms with Crippen molar-refractivity contribution in [3.8, 4) is 0 Å². The second-order valence-corrected chi connectivity index (χ2v) is 4.32. The zero-order valence-electron chi connectivity index (χ0n) is 10.6. The zero-order valence-corrected chi connectivity index (χ0v) is 12.2. The fourth-order valence-corrected chi connectivity index (χ4v) is 1.58. The summed E-state index contributed by atoms with van der Waals surface area (Å²) in [6.45, 7) is 1.91. The van der Waals surface area contributed by atoms with E-state index in [1.54, 1.807) is 0 Å². The molecular weight excluding hydrogens is 304 g/mol. The van der Waals surface area contributed by atoms with Crippen LogP contribution in [0.15, 0.2) is 0 Å². The molecule has 0 aromatic carbocycles. The quantitative estimate of drug-likeness (QED) is 0.383. The highest BCUT2D eigenvalue weighted by Gasteiger charge is 2.19. The van der Waals surface area contributed by atoms with E-state index in [4.69, 9.17) is 0 Å². The number of ether oxygens (including phenoxy) is 1. The van der Waals surface area contributed by atoms with Crippen LogP contribution in [0, 0.1) is 0 Å². The highest BCUT2D eigenvalue weighted by Crippen LogP contribution is 2.02. The van der Waals surface area contributed by atoms with Gasteiger partial charge in [-0.05, 0) is 19.3 Å². The molecule has 0 spiro atoms. The Kier molecular flexibility index (Phi) is 9.26. The average Bonchev–Trinajstić information content (AvgIpc) is 2.35. The lowest BCUT2D eigenvalue weighted by Gasteiger charge is -2.15. The Bertz CT molecular complexity index is 297. The van der Waals surface area contributed by atoms with Crippen molar-refractivity contribution in [3.63, 3.8) is 0 Å². The third kappa shape index (κ3) is 8.05. The van der Waals surface area contributed by atoms with Gasteiger partial charge in [-0.2, -0.15) is 0 Å². The van der Waals surface area contributed by atoms with Gasteiger partial charge in [-0.25, -0.2) is 4.79 Å². The van der Waals surface area contributed by atoms with Crippen LogP contribution in [0.2, 0.25) is 0 Å². The molecule has 18 heavy (non-hydrogen) atoms. The third-order valence-corrected chi connectivity index (χ3v) is 2.74.